The maximum Gasteiger partial charge on any atom is 0.217 e. The zero-order valence-corrected chi connectivity index (χ0v) is 16.0. The highest BCUT2D eigenvalue weighted by Crippen LogP contribution is 2.22. The second kappa shape index (κ2) is 8.68. The molecule has 0 bridgehead atoms. The number of hydrogen-bond donors (Lipinski definition) is 2. The lowest BCUT2D eigenvalue weighted by molar-refractivity contribution is -0.119. The predicted molar refractivity (Wildman–Crippen MR) is 108 cm³/mol. The van der Waals surface area contributed by atoms with Gasteiger partial charge in [-0.15, -0.1) is 0 Å². The van der Waals surface area contributed by atoms with Crippen LogP contribution in [0.2, 0.25) is 0 Å². The van der Waals surface area contributed by atoms with E-state index in [1.165, 1.54) is 18.7 Å². The molecule has 138 valence electrons. The molecule has 6 heteroatoms. The molecule has 0 aliphatic heterocycles. The van der Waals surface area contributed by atoms with Gasteiger partial charge in [-0.2, -0.15) is 0 Å². The Labute approximate surface area is 162 Å². The van der Waals surface area contributed by atoms with E-state index in [0.29, 0.717) is 11.3 Å². The summed E-state index contributed by atoms with van der Waals surface area (Å²) in [5.74, 6) is 0.270. The number of nitrogens with zero attached hydrogens (tertiary/aromatic N) is 1. The Morgan fingerprint density at radius 1 is 1.11 bits per heavy atom. The fourth-order valence-corrected chi connectivity index (χ4v) is 3.45. The molecule has 0 spiro atoms. The molecule has 0 saturated carbocycles. The van der Waals surface area contributed by atoms with Gasteiger partial charge in [-0.3, -0.25) is 9.59 Å². The van der Waals surface area contributed by atoms with Crippen molar-refractivity contribution in [2.75, 3.05) is 5.75 Å². The maximum absolute atomic E-state index is 12.4. The van der Waals surface area contributed by atoms with Crippen LogP contribution in [0.15, 0.2) is 66.0 Å². The van der Waals surface area contributed by atoms with Crippen LogP contribution >= 0.6 is 11.8 Å². The van der Waals surface area contributed by atoms with E-state index >= 15 is 0 Å². The number of benzene rings is 2. The molecule has 2 aromatic carbocycles. The summed E-state index contributed by atoms with van der Waals surface area (Å²) < 4.78 is 0. The number of aromatic nitrogens is 2. The number of rotatable bonds is 7. The number of H-pyrrole nitrogens is 1. The molecule has 0 saturated heterocycles. The van der Waals surface area contributed by atoms with Crippen LogP contribution in [0, 0.1) is 0 Å². The number of ketones is 1. The molecule has 3 rings (SSSR count). The van der Waals surface area contributed by atoms with E-state index in [9.17, 15) is 9.59 Å². The van der Waals surface area contributed by atoms with E-state index in [1.54, 1.807) is 18.3 Å². The Balaban J connectivity index is 1.58. The molecule has 0 aliphatic rings. The Morgan fingerprint density at radius 2 is 1.81 bits per heavy atom. The summed E-state index contributed by atoms with van der Waals surface area (Å²) in [6.07, 6.45) is 1.78. The van der Waals surface area contributed by atoms with Gasteiger partial charge in [0.1, 0.15) is 0 Å². The lowest BCUT2D eigenvalue weighted by atomic mass is 10.0. The summed E-state index contributed by atoms with van der Waals surface area (Å²) in [5, 5.41) is 3.55. The molecule has 0 aliphatic carbocycles. The maximum atomic E-state index is 12.4. The van der Waals surface area contributed by atoms with Crippen molar-refractivity contribution in [2.45, 2.75) is 25.0 Å². The second-order valence-corrected chi connectivity index (χ2v) is 7.19. The summed E-state index contributed by atoms with van der Waals surface area (Å²) in [6.45, 7) is 3.40. The Morgan fingerprint density at radius 3 is 2.48 bits per heavy atom. The molecule has 27 heavy (non-hydrogen) atoms. The lowest BCUT2D eigenvalue weighted by Gasteiger charge is -2.13. The summed E-state index contributed by atoms with van der Waals surface area (Å²) in [6, 6.07) is 17.2. The minimum Gasteiger partial charge on any atom is -0.350 e. The van der Waals surface area contributed by atoms with Crippen molar-refractivity contribution in [2.24, 2.45) is 0 Å². The number of aromatic amines is 1. The third-order valence-corrected chi connectivity index (χ3v) is 5.02. The van der Waals surface area contributed by atoms with Crippen molar-refractivity contribution in [3.8, 4) is 11.3 Å². The topological polar surface area (TPSA) is 74.8 Å². The van der Waals surface area contributed by atoms with E-state index in [1.807, 2.05) is 49.4 Å². The van der Waals surface area contributed by atoms with Crippen molar-refractivity contribution < 1.29 is 9.59 Å². The fraction of sp³-hybridized carbons (Fsp3) is 0.190. The van der Waals surface area contributed by atoms with E-state index in [4.69, 9.17) is 0 Å². The number of carbonyl (C=O) groups excluding carboxylic acids is 2. The summed E-state index contributed by atoms with van der Waals surface area (Å²) in [7, 11) is 0. The van der Waals surface area contributed by atoms with Gasteiger partial charge in [-0.05, 0) is 18.1 Å². The third kappa shape index (κ3) is 5.08. The van der Waals surface area contributed by atoms with Gasteiger partial charge >= 0.3 is 0 Å². The number of imidazole rings is 1. The number of thioether (sulfide) groups is 1. The van der Waals surface area contributed by atoms with Crippen molar-refractivity contribution >= 4 is 23.5 Å². The first kappa shape index (κ1) is 18.9. The van der Waals surface area contributed by atoms with Gasteiger partial charge in [0, 0.05) is 12.5 Å². The van der Waals surface area contributed by atoms with Gasteiger partial charge in [0.2, 0.25) is 5.91 Å². The number of amides is 1. The van der Waals surface area contributed by atoms with Crippen molar-refractivity contribution in [1.29, 1.82) is 0 Å². The molecule has 1 aromatic heterocycles. The highest BCUT2D eigenvalue weighted by Gasteiger charge is 2.11. The number of carbonyl (C=O) groups is 2. The summed E-state index contributed by atoms with van der Waals surface area (Å²) >= 11 is 1.38. The number of hydrogen-bond acceptors (Lipinski definition) is 4. The van der Waals surface area contributed by atoms with Gasteiger partial charge in [-0.25, -0.2) is 4.98 Å². The minimum atomic E-state index is -0.0828. The SMILES string of the molecule is CC(=O)N[C@@H](C)c1ccc(C(=O)CSc2ncc(-c3ccccc3)[nH]2)cc1. The largest absolute Gasteiger partial charge is 0.350 e. The van der Waals surface area contributed by atoms with Crippen LogP contribution < -0.4 is 5.32 Å². The number of Topliss-reactive ketones (excluding diaryl/α,β-unsaturated/α-hetero) is 1. The molecular formula is C21H21N3O2S. The first-order valence-corrected chi connectivity index (χ1v) is 9.65. The quantitative estimate of drug-likeness (QED) is 0.475. The molecule has 5 nitrogen and oxygen atoms in total. The van der Waals surface area contributed by atoms with E-state index in [0.717, 1.165) is 22.0 Å². The van der Waals surface area contributed by atoms with Crippen molar-refractivity contribution in [1.82, 2.24) is 15.3 Å². The average Bonchev–Trinajstić information content (AvgIpc) is 3.15. The van der Waals surface area contributed by atoms with Crippen LogP contribution in [0.3, 0.4) is 0 Å². The molecule has 0 radical (unpaired) electrons. The van der Waals surface area contributed by atoms with Crippen LogP contribution in [0.4, 0.5) is 0 Å². The van der Waals surface area contributed by atoms with Crippen LogP contribution in [0.1, 0.15) is 35.8 Å². The molecule has 1 heterocycles. The highest BCUT2D eigenvalue weighted by atomic mass is 32.2. The molecular weight excluding hydrogens is 358 g/mol. The van der Waals surface area contributed by atoms with Crippen molar-refractivity contribution in [3.05, 3.63) is 71.9 Å². The van der Waals surface area contributed by atoms with E-state index < -0.39 is 0 Å². The summed E-state index contributed by atoms with van der Waals surface area (Å²) in [5.41, 5.74) is 3.61. The Bertz CT molecular complexity index is 920. The average molecular weight is 379 g/mol. The first-order chi connectivity index (χ1) is 13.0. The van der Waals surface area contributed by atoms with Crippen molar-refractivity contribution in [3.63, 3.8) is 0 Å². The van der Waals surface area contributed by atoms with Crippen LogP contribution in [0.25, 0.3) is 11.3 Å². The molecule has 1 atom stereocenters. The van der Waals surface area contributed by atoms with Crippen LogP contribution in [0.5, 0.6) is 0 Å². The predicted octanol–water partition coefficient (Wildman–Crippen LogP) is 4.25. The number of nitrogens with one attached hydrogen (secondary N) is 2. The molecule has 0 fully saturated rings. The van der Waals surface area contributed by atoms with Crippen LogP contribution in [-0.4, -0.2) is 27.4 Å². The molecule has 0 unspecified atom stereocenters. The van der Waals surface area contributed by atoms with Crippen LogP contribution in [-0.2, 0) is 4.79 Å². The second-order valence-electron chi connectivity index (χ2n) is 6.22. The van der Waals surface area contributed by atoms with E-state index in [-0.39, 0.29) is 17.7 Å². The monoisotopic (exact) mass is 379 g/mol. The zero-order valence-electron chi connectivity index (χ0n) is 15.2. The Hall–Kier alpha value is -2.86. The molecule has 1 amide bonds. The molecule has 3 aromatic rings. The standard InChI is InChI=1S/C21H21N3O2S/c1-14(23-15(2)25)16-8-10-18(11-9-16)20(26)13-27-21-22-12-19(24-21)17-6-4-3-5-7-17/h3-12,14H,13H2,1-2H3,(H,22,24)(H,23,25)/t14-/m0/s1. The fourth-order valence-electron chi connectivity index (χ4n) is 2.70. The van der Waals surface area contributed by atoms with E-state index in [2.05, 4.69) is 15.3 Å². The molecule has 2 N–H and O–H groups in total. The van der Waals surface area contributed by atoms with Gasteiger partial charge in [-0.1, -0.05) is 66.4 Å². The van der Waals surface area contributed by atoms with Gasteiger partial charge in [0.05, 0.1) is 23.7 Å². The van der Waals surface area contributed by atoms with Gasteiger partial charge < -0.3 is 10.3 Å². The highest BCUT2D eigenvalue weighted by molar-refractivity contribution is 7.99. The summed E-state index contributed by atoms with van der Waals surface area (Å²) in [4.78, 5) is 31.1. The normalized spacial score (nSPS) is 11.8. The Kier molecular flexibility index (Phi) is 6.08. The zero-order chi connectivity index (χ0) is 19.2. The van der Waals surface area contributed by atoms with Gasteiger partial charge in [0.25, 0.3) is 0 Å². The third-order valence-electron chi connectivity index (χ3n) is 4.13. The lowest BCUT2D eigenvalue weighted by Crippen LogP contribution is -2.23. The smallest absolute Gasteiger partial charge is 0.217 e. The van der Waals surface area contributed by atoms with Gasteiger partial charge in [0.15, 0.2) is 10.9 Å². The first-order valence-electron chi connectivity index (χ1n) is 8.66. The minimum absolute atomic E-state index is 0.0383.